The summed E-state index contributed by atoms with van der Waals surface area (Å²) in [4.78, 5) is 16.1. The van der Waals surface area contributed by atoms with Gasteiger partial charge in [0.2, 0.25) is 0 Å². The van der Waals surface area contributed by atoms with Crippen molar-refractivity contribution in [2.24, 2.45) is 0 Å². The van der Waals surface area contributed by atoms with Gasteiger partial charge >= 0.3 is 0 Å². The highest BCUT2D eigenvalue weighted by atomic mass is 16.1. The van der Waals surface area contributed by atoms with Crippen molar-refractivity contribution >= 4 is 11.4 Å². The van der Waals surface area contributed by atoms with E-state index in [1.54, 1.807) is 6.08 Å². The first-order chi connectivity index (χ1) is 7.74. The highest BCUT2D eigenvalue weighted by molar-refractivity contribution is 5.99. The molecule has 0 saturated carbocycles. The van der Waals surface area contributed by atoms with Crippen LogP contribution in [0.2, 0.25) is 0 Å². The molecular weight excluding hydrogens is 202 g/mol. The molecule has 2 heterocycles. The van der Waals surface area contributed by atoms with E-state index in [1.165, 1.54) is 0 Å². The Bertz CT molecular complexity index is 542. The first-order valence-corrected chi connectivity index (χ1v) is 5.07. The van der Waals surface area contributed by atoms with Crippen LogP contribution in [0.1, 0.15) is 16.3 Å². The van der Waals surface area contributed by atoms with E-state index < -0.39 is 0 Å². The average molecular weight is 215 g/mol. The molecule has 0 saturated heterocycles. The zero-order chi connectivity index (χ0) is 11.5. The summed E-state index contributed by atoms with van der Waals surface area (Å²) < 4.78 is 1.89. The number of nitrogens with zero attached hydrogens (tertiary/aromatic N) is 2. The van der Waals surface area contributed by atoms with Crippen LogP contribution in [0, 0.1) is 6.92 Å². The first-order valence-electron chi connectivity index (χ1n) is 5.07. The van der Waals surface area contributed by atoms with Crippen molar-refractivity contribution in [1.82, 2.24) is 14.7 Å². The molecule has 0 spiro atoms. The number of carbonyl (C=O) groups is 1. The minimum Gasteiger partial charge on any atom is -0.347 e. The lowest BCUT2D eigenvalue weighted by molar-refractivity contribution is 0.0955. The van der Waals surface area contributed by atoms with Crippen LogP contribution in [-0.2, 0) is 0 Å². The largest absolute Gasteiger partial charge is 0.347 e. The summed E-state index contributed by atoms with van der Waals surface area (Å²) in [6, 6.07) is 5.68. The molecule has 0 aliphatic rings. The van der Waals surface area contributed by atoms with Crippen molar-refractivity contribution in [1.29, 1.82) is 0 Å². The van der Waals surface area contributed by atoms with Gasteiger partial charge in [0, 0.05) is 12.7 Å². The summed E-state index contributed by atoms with van der Waals surface area (Å²) in [6.07, 6.45) is 3.53. The molecule has 0 unspecified atom stereocenters. The predicted octanol–water partition coefficient (Wildman–Crippen LogP) is 1.56. The molecule has 0 atom stereocenters. The normalized spacial score (nSPS) is 10.3. The van der Waals surface area contributed by atoms with Gasteiger partial charge in [-0.1, -0.05) is 12.1 Å². The van der Waals surface area contributed by atoms with E-state index in [2.05, 4.69) is 16.9 Å². The van der Waals surface area contributed by atoms with Gasteiger partial charge in [-0.25, -0.2) is 4.98 Å². The third kappa shape index (κ3) is 1.69. The van der Waals surface area contributed by atoms with E-state index in [-0.39, 0.29) is 5.91 Å². The SMILES string of the molecule is C=CCNC(=O)c1nc(C)n2ccccc12. The van der Waals surface area contributed by atoms with Crippen molar-refractivity contribution < 1.29 is 4.79 Å². The number of hydrogen-bond acceptors (Lipinski definition) is 2. The Morgan fingerprint density at radius 1 is 1.62 bits per heavy atom. The van der Waals surface area contributed by atoms with E-state index in [9.17, 15) is 4.79 Å². The zero-order valence-electron chi connectivity index (χ0n) is 9.10. The van der Waals surface area contributed by atoms with Crippen molar-refractivity contribution in [3.63, 3.8) is 0 Å². The molecule has 82 valence electrons. The smallest absolute Gasteiger partial charge is 0.272 e. The number of fused-ring (bicyclic) bond motifs is 1. The zero-order valence-corrected chi connectivity index (χ0v) is 9.10. The van der Waals surface area contributed by atoms with Crippen molar-refractivity contribution in [2.75, 3.05) is 6.54 Å². The van der Waals surface area contributed by atoms with E-state index in [0.29, 0.717) is 12.2 Å². The lowest BCUT2D eigenvalue weighted by Crippen LogP contribution is -2.23. The fraction of sp³-hybridized carbons (Fsp3) is 0.167. The third-order valence-corrected chi connectivity index (χ3v) is 2.35. The number of rotatable bonds is 3. The highest BCUT2D eigenvalue weighted by Crippen LogP contribution is 2.12. The number of carbonyl (C=O) groups excluding carboxylic acids is 1. The Hall–Kier alpha value is -2.10. The van der Waals surface area contributed by atoms with Crippen LogP contribution in [-0.4, -0.2) is 21.8 Å². The van der Waals surface area contributed by atoms with Crippen LogP contribution < -0.4 is 5.32 Å². The number of imidazole rings is 1. The Morgan fingerprint density at radius 3 is 3.19 bits per heavy atom. The predicted molar refractivity (Wildman–Crippen MR) is 62.5 cm³/mol. The second kappa shape index (κ2) is 4.18. The summed E-state index contributed by atoms with van der Waals surface area (Å²) in [5, 5.41) is 2.72. The summed E-state index contributed by atoms with van der Waals surface area (Å²) >= 11 is 0. The summed E-state index contributed by atoms with van der Waals surface area (Å²) in [5.74, 6) is 0.635. The van der Waals surface area contributed by atoms with Gasteiger partial charge in [0.25, 0.3) is 5.91 Å². The number of hydrogen-bond donors (Lipinski definition) is 1. The molecule has 4 nitrogen and oxygen atoms in total. The third-order valence-electron chi connectivity index (χ3n) is 2.35. The molecular formula is C12H13N3O. The Morgan fingerprint density at radius 2 is 2.44 bits per heavy atom. The molecule has 0 fully saturated rings. The van der Waals surface area contributed by atoms with E-state index in [0.717, 1.165) is 11.3 Å². The molecule has 1 N–H and O–H groups in total. The topological polar surface area (TPSA) is 46.4 Å². The van der Waals surface area contributed by atoms with Gasteiger partial charge in [0.05, 0.1) is 5.52 Å². The second-order valence-electron chi connectivity index (χ2n) is 3.46. The highest BCUT2D eigenvalue weighted by Gasteiger charge is 2.13. The van der Waals surface area contributed by atoms with Crippen molar-refractivity contribution in [2.45, 2.75) is 6.92 Å². The Kier molecular flexibility index (Phi) is 2.72. The van der Waals surface area contributed by atoms with Crippen LogP contribution in [0.25, 0.3) is 5.52 Å². The molecule has 2 aromatic rings. The minimum absolute atomic E-state index is 0.170. The average Bonchev–Trinajstić information content (AvgIpc) is 2.65. The molecule has 1 amide bonds. The Balaban J connectivity index is 2.44. The maximum Gasteiger partial charge on any atom is 0.272 e. The van der Waals surface area contributed by atoms with Crippen LogP contribution in [0.4, 0.5) is 0 Å². The number of pyridine rings is 1. The maximum absolute atomic E-state index is 11.8. The molecule has 0 aromatic carbocycles. The first kappa shape index (κ1) is 10.4. The van der Waals surface area contributed by atoms with Crippen molar-refractivity contribution in [3.8, 4) is 0 Å². The van der Waals surface area contributed by atoms with Gasteiger partial charge in [-0.3, -0.25) is 4.79 Å². The molecule has 2 aromatic heterocycles. The van der Waals surface area contributed by atoms with E-state index in [1.807, 2.05) is 35.7 Å². The molecule has 4 heteroatoms. The van der Waals surface area contributed by atoms with E-state index in [4.69, 9.17) is 0 Å². The molecule has 2 rings (SSSR count). The number of aryl methyl sites for hydroxylation is 1. The summed E-state index contributed by atoms with van der Waals surface area (Å²) in [6.45, 7) is 5.87. The number of aromatic nitrogens is 2. The molecule has 0 radical (unpaired) electrons. The lowest BCUT2D eigenvalue weighted by atomic mass is 10.3. The van der Waals surface area contributed by atoms with Gasteiger partial charge in [-0.05, 0) is 19.1 Å². The van der Waals surface area contributed by atoms with E-state index >= 15 is 0 Å². The van der Waals surface area contributed by atoms with Gasteiger partial charge in [-0.2, -0.15) is 0 Å². The maximum atomic E-state index is 11.8. The monoisotopic (exact) mass is 215 g/mol. The summed E-state index contributed by atoms with van der Waals surface area (Å²) in [7, 11) is 0. The van der Waals surface area contributed by atoms with Crippen molar-refractivity contribution in [3.05, 3.63) is 48.6 Å². The molecule has 0 aliphatic carbocycles. The molecule has 0 aliphatic heterocycles. The summed E-state index contributed by atoms with van der Waals surface area (Å²) in [5.41, 5.74) is 1.28. The second-order valence-corrected chi connectivity index (χ2v) is 3.46. The van der Waals surface area contributed by atoms with Crippen LogP contribution in [0.3, 0.4) is 0 Å². The van der Waals surface area contributed by atoms with Crippen LogP contribution in [0.5, 0.6) is 0 Å². The lowest BCUT2D eigenvalue weighted by Gasteiger charge is -1.99. The Labute approximate surface area is 93.6 Å². The molecule has 16 heavy (non-hydrogen) atoms. The number of nitrogens with one attached hydrogen (secondary N) is 1. The van der Waals surface area contributed by atoms with Crippen LogP contribution >= 0.6 is 0 Å². The van der Waals surface area contributed by atoms with Crippen LogP contribution in [0.15, 0.2) is 37.1 Å². The standard InChI is InChI=1S/C12H13N3O/c1-3-7-13-12(16)11-10-6-4-5-8-15(10)9(2)14-11/h3-6,8H,1,7H2,2H3,(H,13,16). The fourth-order valence-electron chi connectivity index (χ4n) is 1.61. The minimum atomic E-state index is -0.170. The quantitative estimate of drug-likeness (QED) is 0.790. The van der Waals surface area contributed by atoms with Gasteiger partial charge in [0.15, 0.2) is 5.69 Å². The number of amides is 1. The fourth-order valence-corrected chi connectivity index (χ4v) is 1.61. The van der Waals surface area contributed by atoms with Gasteiger partial charge in [-0.15, -0.1) is 6.58 Å². The molecule has 0 bridgehead atoms. The van der Waals surface area contributed by atoms with Gasteiger partial charge < -0.3 is 9.72 Å². The van der Waals surface area contributed by atoms with Gasteiger partial charge in [0.1, 0.15) is 5.82 Å².